The molecule has 4 rings (SSSR count). The Morgan fingerprint density at radius 2 is 1.81 bits per heavy atom. The Balaban J connectivity index is 1.74. The van der Waals surface area contributed by atoms with Crippen LogP contribution < -0.4 is 4.74 Å². The topological polar surface area (TPSA) is 46.6 Å². The van der Waals surface area contributed by atoms with Crippen LogP contribution in [0, 0.1) is 0 Å². The van der Waals surface area contributed by atoms with Gasteiger partial charge in [0.2, 0.25) is 0 Å². The third kappa shape index (κ3) is 4.34. The number of fused-ring (bicyclic) bond motifs is 1. The van der Waals surface area contributed by atoms with E-state index in [0.29, 0.717) is 28.7 Å². The van der Waals surface area contributed by atoms with Gasteiger partial charge in [-0.15, -0.1) is 0 Å². The number of hydrogen-bond acceptors (Lipinski definition) is 4. The summed E-state index contributed by atoms with van der Waals surface area (Å²) in [5, 5.41) is 2.39. The molecule has 1 aliphatic rings. The summed E-state index contributed by atoms with van der Waals surface area (Å²) in [6, 6.07) is 19.2. The highest BCUT2D eigenvalue weighted by Gasteiger charge is 2.37. The number of thioether (sulfide) groups is 1. The molecule has 4 nitrogen and oxygen atoms in total. The van der Waals surface area contributed by atoms with E-state index in [0.717, 1.165) is 33.7 Å². The van der Waals surface area contributed by atoms with Crippen LogP contribution in [0.25, 0.3) is 16.8 Å². The van der Waals surface area contributed by atoms with Crippen molar-refractivity contribution < 1.29 is 14.3 Å². The van der Waals surface area contributed by atoms with Crippen LogP contribution in [0.5, 0.6) is 5.75 Å². The standard InChI is InChI=1S/C25H22ClNO3S/c1-3-16(2)27-24(28)23(31-25(27)29)14-20-19-10-6-4-8-17(19)12-13-22(20)30-15-18-9-5-7-11-21(18)26/h4-14,16H,3,15H2,1-2H3/b23-14+/t16-/m1/s1. The van der Waals surface area contributed by atoms with Gasteiger partial charge in [0, 0.05) is 22.2 Å². The average Bonchev–Trinajstić information content (AvgIpc) is 3.06. The molecular formula is C25H22ClNO3S. The zero-order valence-electron chi connectivity index (χ0n) is 17.3. The summed E-state index contributed by atoms with van der Waals surface area (Å²) < 4.78 is 6.13. The summed E-state index contributed by atoms with van der Waals surface area (Å²) in [5.74, 6) is 0.378. The Morgan fingerprint density at radius 1 is 1.06 bits per heavy atom. The number of carbonyl (C=O) groups is 2. The summed E-state index contributed by atoms with van der Waals surface area (Å²) >= 11 is 7.25. The van der Waals surface area contributed by atoms with Gasteiger partial charge in [0.15, 0.2) is 0 Å². The highest BCUT2D eigenvalue weighted by molar-refractivity contribution is 8.18. The van der Waals surface area contributed by atoms with E-state index < -0.39 is 0 Å². The second kappa shape index (κ2) is 9.16. The molecule has 0 N–H and O–H groups in total. The van der Waals surface area contributed by atoms with E-state index >= 15 is 0 Å². The van der Waals surface area contributed by atoms with Gasteiger partial charge in [0.05, 0.1) is 4.91 Å². The minimum atomic E-state index is -0.255. The molecule has 0 unspecified atom stereocenters. The molecule has 0 aromatic heterocycles. The van der Waals surface area contributed by atoms with Crippen LogP contribution in [0.2, 0.25) is 5.02 Å². The van der Waals surface area contributed by atoms with Gasteiger partial charge in [-0.1, -0.05) is 67.1 Å². The molecule has 1 saturated heterocycles. The van der Waals surface area contributed by atoms with Crippen molar-refractivity contribution in [2.45, 2.75) is 32.9 Å². The molecule has 158 valence electrons. The molecular weight excluding hydrogens is 430 g/mol. The van der Waals surface area contributed by atoms with Gasteiger partial charge >= 0.3 is 0 Å². The predicted octanol–water partition coefficient (Wildman–Crippen LogP) is 6.91. The van der Waals surface area contributed by atoms with Crippen molar-refractivity contribution in [1.29, 1.82) is 0 Å². The molecule has 0 bridgehead atoms. The molecule has 1 atom stereocenters. The normalized spacial score (nSPS) is 16.4. The SMILES string of the molecule is CC[C@@H](C)N1C(=O)S/C(=C/c2c(OCc3ccccc3Cl)ccc3ccccc23)C1=O. The first-order chi connectivity index (χ1) is 15.0. The fraction of sp³-hybridized carbons (Fsp3) is 0.200. The van der Waals surface area contributed by atoms with Gasteiger partial charge in [0.1, 0.15) is 12.4 Å². The van der Waals surface area contributed by atoms with Crippen molar-refractivity contribution in [3.05, 3.63) is 81.7 Å². The molecule has 0 spiro atoms. The lowest BCUT2D eigenvalue weighted by Gasteiger charge is -2.19. The molecule has 2 amide bonds. The fourth-order valence-corrected chi connectivity index (χ4v) is 4.60. The number of halogens is 1. The van der Waals surface area contributed by atoms with E-state index in [1.54, 1.807) is 6.08 Å². The maximum atomic E-state index is 12.9. The Kier molecular flexibility index (Phi) is 6.35. The van der Waals surface area contributed by atoms with Crippen molar-refractivity contribution in [3.63, 3.8) is 0 Å². The van der Waals surface area contributed by atoms with Gasteiger partial charge in [0.25, 0.3) is 11.1 Å². The Hall–Kier alpha value is -2.76. The van der Waals surface area contributed by atoms with Gasteiger partial charge < -0.3 is 4.74 Å². The molecule has 3 aromatic carbocycles. The predicted molar refractivity (Wildman–Crippen MR) is 127 cm³/mol. The van der Waals surface area contributed by atoms with E-state index in [4.69, 9.17) is 16.3 Å². The second-order valence-electron chi connectivity index (χ2n) is 7.39. The molecule has 1 heterocycles. The van der Waals surface area contributed by atoms with Gasteiger partial charge in [-0.2, -0.15) is 0 Å². The van der Waals surface area contributed by atoms with Crippen LogP contribution in [-0.4, -0.2) is 22.1 Å². The smallest absolute Gasteiger partial charge is 0.293 e. The van der Waals surface area contributed by atoms with Gasteiger partial charge in [-0.05, 0) is 54.1 Å². The summed E-state index contributed by atoms with van der Waals surface area (Å²) in [4.78, 5) is 27.2. The highest BCUT2D eigenvalue weighted by Crippen LogP contribution is 2.38. The minimum absolute atomic E-state index is 0.137. The summed E-state index contributed by atoms with van der Waals surface area (Å²) in [6.45, 7) is 4.14. The molecule has 0 aliphatic carbocycles. The number of carbonyl (C=O) groups excluding carboxylic acids is 2. The molecule has 31 heavy (non-hydrogen) atoms. The van der Waals surface area contributed by atoms with E-state index in [-0.39, 0.29) is 17.2 Å². The third-order valence-corrected chi connectivity index (χ3v) is 6.65. The number of amides is 2. The van der Waals surface area contributed by atoms with Crippen molar-refractivity contribution in [3.8, 4) is 5.75 Å². The first-order valence-electron chi connectivity index (χ1n) is 10.1. The van der Waals surface area contributed by atoms with Crippen LogP contribution >= 0.6 is 23.4 Å². The highest BCUT2D eigenvalue weighted by atomic mass is 35.5. The summed E-state index contributed by atoms with van der Waals surface area (Å²) in [6.07, 6.45) is 2.49. The lowest BCUT2D eigenvalue weighted by Crippen LogP contribution is -2.36. The van der Waals surface area contributed by atoms with Crippen LogP contribution in [-0.2, 0) is 11.4 Å². The average molecular weight is 452 g/mol. The molecule has 1 aliphatic heterocycles. The van der Waals surface area contributed by atoms with Crippen LogP contribution in [0.15, 0.2) is 65.6 Å². The number of imide groups is 1. The Bertz CT molecular complexity index is 1190. The van der Waals surface area contributed by atoms with E-state index in [2.05, 4.69) is 0 Å². The number of hydrogen-bond donors (Lipinski definition) is 0. The van der Waals surface area contributed by atoms with Crippen molar-refractivity contribution >= 4 is 51.4 Å². The zero-order valence-corrected chi connectivity index (χ0v) is 18.9. The second-order valence-corrected chi connectivity index (χ2v) is 8.79. The monoisotopic (exact) mass is 451 g/mol. The number of rotatable bonds is 6. The van der Waals surface area contributed by atoms with Crippen LogP contribution in [0.3, 0.4) is 0 Å². The lowest BCUT2D eigenvalue weighted by molar-refractivity contribution is -0.124. The van der Waals surface area contributed by atoms with E-state index in [1.807, 2.05) is 74.5 Å². The number of ether oxygens (including phenoxy) is 1. The maximum absolute atomic E-state index is 12.9. The quantitative estimate of drug-likeness (QED) is 0.382. The molecule has 1 fully saturated rings. The van der Waals surface area contributed by atoms with Crippen molar-refractivity contribution in [2.24, 2.45) is 0 Å². The molecule has 0 saturated carbocycles. The Labute approximate surface area is 190 Å². The first kappa shape index (κ1) is 21.5. The van der Waals surface area contributed by atoms with Crippen LogP contribution in [0.4, 0.5) is 4.79 Å². The number of benzene rings is 3. The minimum Gasteiger partial charge on any atom is -0.488 e. The van der Waals surface area contributed by atoms with E-state index in [1.165, 1.54) is 4.90 Å². The van der Waals surface area contributed by atoms with Gasteiger partial charge in [-0.3, -0.25) is 14.5 Å². The molecule has 6 heteroatoms. The summed E-state index contributed by atoms with van der Waals surface area (Å²) in [5.41, 5.74) is 1.65. The molecule has 0 radical (unpaired) electrons. The molecule has 3 aromatic rings. The van der Waals surface area contributed by atoms with E-state index in [9.17, 15) is 9.59 Å². The fourth-order valence-electron chi connectivity index (χ4n) is 3.49. The number of nitrogens with zero attached hydrogens (tertiary/aromatic N) is 1. The maximum Gasteiger partial charge on any atom is 0.293 e. The zero-order chi connectivity index (χ0) is 22.0. The van der Waals surface area contributed by atoms with Crippen molar-refractivity contribution in [1.82, 2.24) is 4.90 Å². The lowest BCUT2D eigenvalue weighted by atomic mass is 10.0. The third-order valence-electron chi connectivity index (χ3n) is 5.40. The summed E-state index contributed by atoms with van der Waals surface area (Å²) in [7, 11) is 0. The van der Waals surface area contributed by atoms with Crippen molar-refractivity contribution in [2.75, 3.05) is 0 Å². The first-order valence-corrected chi connectivity index (χ1v) is 11.3. The van der Waals surface area contributed by atoms with Crippen LogP contribution in [0.1, 0.15) is 31.4 Å². The van der Waals surface area contributed by atoms with Gasteiger partial charge in [-0.25, -0.2) is 0 Å². The Morgan fingerprint density at radius 3 is 2.58 bits per heavy atom. The largest absolute Gasteiger partial charge is 0.488 e.